The van der Waals surface area contributed by atoms with Crippen molar-refractivity contribution in [2.45, 2.75) is 12.8 Å². The Kier molecular flexibility index (Phi) is 7.22. The van der Waals surface area contributed by atoms with E-state index in [0.29, 0.717) is 16.8 Å². The van der Waals surface area contributed by atoms with Gasteiger partial charge in [0.2, 0.25) is 5.91 Å². The summed E-state index contributed by atoms with van der Waals surface area (Å²) in [6.07, 6.45) is 1.52. The van der Waals surface area contributed by atoms with E-state index in [0.717, 1.165) is 37.2 Å². The third-order valence-corrected chi connectivity index (χ3v) is 5.42. The Bertz CT molecular complexity index is 712. The molecule has 0 atom stereocenters. The summed E-state index contributed by atoms with van der Waals surface area (Å²) in [6, 6.07) is 7.55. The lowest BCUT2D eigenvalue weighted by atomic mass is 9.79. The van der Waals surface area contributed by atoms with E-state index in [2.05, 4.69) is 15.6 Å². The van der Waals surface area contributed by atoms with Gasteiger partial charge in [-0.2, -0.15) is 0 Å². The van der Waals surface area contributed by atoms with Gasteiger partial charge in [0.1, 0.15) is 0 Å². The van der Waals surface area contributed by atoms with Gasteiger partial charge in [0.05, 0.1) is 17.7 Å². The average Bonchev–Trinajstić information content (AvgIpc) is 3.04. The summed E-state index contributed by atoms with van der Waals surface area (Å²) in [6.45, 7) is 2.06. The first-order valence-corrected chi connectivity index (χ1v) is 9.12. The Morgan fingerprint density at radius 2 is 2.12 bits per heavy atom. The van der Waals surface area contributed by atoms with Crippen LogP contribution in [0.4, 0.5) is 5.13 Å². The number of thiazole rings is 1. The number of rotatable bonds is 5. The fraction of sp³-hybridized carbons (Fsp3) is 0.412. The molecule has 0 saturated carbocycles. The first kappa shape index (κ1) is 20.1. The first-order valence-electron chi connectivity index (χ1n) is 7.86. The number of nitrogens with zero attached hydrogens (tertiary/aromatic N) is 1. The molecule has 1 aromatic heterocycles. The van der Waals surface area contributed by atoms with Crippen molar-refractivity contribution in [2.75, 3.05) is 32.1 Å². The van der Waals surface area contributed by atoms with E-state index in [-0.39, 0.29) is 18.3 Å². The number of nitrogens with one attached hydrogen (secondary N) is 2. The van der Waals surface area contributed by atoms with Gasteiger partial charge in [-0.15, -0.1) is 23.7 Å². The van der Waals surface area contributed by atoms with E-state index in [1.54, 1.807) is 7.11 Å². The topological polar surface area (TPSA) is 63.2 Å². The van der Waals surface area contributed by atoms with E-state index in [4.69, 9.17) is 16.3 Å². The Balaban J connectivity index is 0.00000225. The molecule has 2 aromatic rings. The highest BCUT2D eigenvalue weighted by molar-refractivity contribution is 7.14. The van der Waals surface area contributed by atoms with Gasteiger partial charge in [0.25, 0.3) is 0 Å². The van der Waals surface area contributed by atoms with Crippen molar-refractivity contribution >= 4 is 46.4 Å². The molecule has 5 nitrogen and oxygen atoms in total. The number of halogens is 2. The Morgan fingerprint density at radius 3 is 2.80 bits per heavy atom. The second kappa shape index (κ2) is 8.96. The van der Waals surface area contributed by atoms with Crippen molar-refractivity contribution in [3.63, 3.8) is 0 Å². The molecule has 25 heavy (non-hydrogen) atoms. The maximum atomic E-state index is 12.8. The monoisotopic (exact) mass is 401 g/mol. The van der Waals surface area contributed by atoms with Gasteiger partial charge in [-0.25, -0.2) is 4.98 Å². The number of amides is 1. The molecule has 2 heterocycles. The van der Waals surface area contributed by atoms with Gasteiger partial charge < -0.3 is 15.4 Å². The number of piperidine rings is 1. The van der Waals surface area contributed by atoms with Crippen LogP contribution in [0.5, 0.6) is 0 Å². The highest BCUT2D eigenvalue weighted by Gasteiger charge is 2.40. The van der Waals surface area contributed by atoms with Crippen LogP contribution in [-0.2, 0) is 9.53 Å². The maximum absolute atomic E-state index is 12.8. The molecule has 0 aliphatic carbocycles. The summed E-state index contributed by atoms with van der Waals surface area (Å²) in [5.74, 6) is -0.0223. The van der Waals surface area contributed by atoms with E-state index >= 15 is 0 Å². The number of methoxy groups -OCH3 is 1. The average molecular weight is 402 g/mol. The van der Waals surface area contributed by atoms with Gasteiger partial charge in [0, 0.05) is 23.1 Å². The number of carbonyl (C=O) groups excluding carboxylic acids is 1. The molecule has 1 saturated heterocycles. The molecule has 1 aliphatic rings. The first-order chi connectivity index (χ1) is 11.6. The zero-order valence-electron chi connectivity index (χ0n) is 13.9. The van der Waals surface area contributed by atoms with Crippen LogP contribution in [0.2, 0.25) is 5.02 Å². The summed E-state index contributed by atoms with van der Waals surface area (Å²) in [5, 5.41) is 9.39. The van der Waals surface area contributed by atoms with Crippen molar-refractivity contribution in [3.05, 3.63) is 34.7 Å². The quantitative estimate of drug-likeness (QED) is 0.798. The van der Waals surface area contributed by atoms with Gasteiger partial charge in [-0.05, 0) is 32.0 Å². The molecule has 0 unspecified atom stereocenters. The maximum Gasteiger partial charge on any atom is 0.234 e. The molecular weight excluding hydrogens is 381 g/mol. The van der Waals surface area contributed by atoms with E-state index in [1.165, 1.54) is 11.3 Å². The molecule has 1 aromatic carbocycles. The van der Waals surface area contributed by atoms with Gasteiger partial charge in [-0.3, -0.25) is 4.79 Å². The molecule has 8 heteroatoms. The molecule has 136 valence electrons. The SMILES string of the molecule is COCC1(C(=O)Nc2nc(-c3ccccc3Cl)cs2)CCNCC1.Cl. The van der Waals surface area contributed by atoms with Crippen LogP contribution in [0.15, 0.2) is 29.6 Å². The molecule has 1 fully saturated rings. The molecule has 2 N–H and O–H groups in total. The summed E-state index contributed by atoms with van der Waals surface area (Å²) >= 11 is 7.62. The molecular formula is C17H21Cl2N3O2S. The molecule has 1 aliphatic heterocycles. The number of benzene rings is 1. The lowest BCUT2D eigenvalue weighted by Crippen LogP contribution is -2.47. The summed E-state index contributed by atoms with van der Waals surface area (Å²) < 4.78 is 5.31. The summed E-state index contributed by atoms with van der Waals surface area (Å²) in [7, 11) is 1.63. The third kappa shape index (κ3) is 4.51. The van der Waals surface area contributed by atoms with Crippen LogP contribution < -0.4 is 10.6 Å². The lowest BCUT2D eigenvalue weighted by molar-refractivity contribution is -0.130. The van der Waals surface area contributed by atoms with E-state index in [9.17, 15) is 4.79 Å². The van der Waals surface area contributed by atoms with Crippen molar-refractivity contribution in [1.29, 1.82) is 0 Å². The summed E-state index contributed by atoms with van der Waals surface area (Å²) in [4.78, 5) is 17.3. The minimum Gasteiger partial charge on any atom is -0.384 e. The zero-order chi connectivity index (χ0) is 17.0. The van der Waals surface area contributed by atoms with Crippen LogP contribution >= 0.6 is 35.3 Å². The molecule has 0 spiro atoms. The fourth-order valence-electron chi connectivity index (χ4n) is 2.97. The summed E-state index contributed by atoms with van der Waals surface area (Å²) in [5.41, 5.74) is 1.15. The second-order valence-corrected chi connectivity index (χ2v) is 7.20. The third-order valence-electron chi connectivity index (χ3n) is 4.34. The van der Waals surface area contributed by atoms with Gasteiger partial charge in [-0.1, -0.05) is 29.8 Å². The lowest BCUT2D eigenvalue weighted by Gasteiger charge is -2.35. The number of ether oxygens (including phenoxy) is 1. The van der Waals surface area contributed by atoms with Gasteiger partial charge in [0.15, 0.2) is 5.13 Å². The molecule has 3 rings (SSSR count). The zero-order valence-corrected chi connectivity index (χ0v) is 16.3. The molecule has 0 bridgehead atoms. The fourth-order valence-corrected chi connectivity index (χ4v) is 3.91. The van der Waals surface area contributed by atoms with Crippen molar-refractivity contribution < 1.29 is 9.53 Å². The van der Waals surface area contributed by atoms with Crippen LogP contribution in [0.1, 0.15) is 12.8 Å². The van der Waals surface area contributed by atoms with Crippen molar-refractivity contribution in [2.24, 2.45) is 5.41 Å². The van der Waals surface area contributed by atoms with Gasteiger partial charge >= 0.3 is 0 Å². The van der Waals surface area contributed by atoms with Crippen LogP contribution in [0, 0.1) is 5.41 Å². The Morgan fingerprint density at radius 1 is 1.40 bits per heavy atom. The van der Waals surface area contributed by atoms with E-state index < -0.39 is 5.41 Å². The largest absolute Gasteiger partial charge is 0.384 e. The van der Waals surface area contributed by atoms with Crippen LogP contribution in [0.25, 0.3) is 11.3 Å². The number of aromatic nitrogens is 1. The number of carbonyl (C=O) groups is 1. The smallest absolute Gasteiger partial charge is 0.234 e. The minimum absolute atomic E-state index is 0. The predicted molar refractivity (Wildman–Crippen MR) is 105 cm³/mol. The number of hydrogen-bond donors (Lipinski definition) is 2. The Labute approximate surface area is 162 Å². The number of anilines is 1. The minimum atomic E-state index is -0.490. The standard InChI is InChI=1S/C17H20ClN3O2S.ClH/c1-23-11-17(6-8-19-9-7-17)15(22)21-16-20-14(10-24-16)12-4-2-3-5-13(12)18;/h2-5,10,19H,6-9,11H2,1H3,(H,20,21,22);1H. The predicted octanol–water partition coefficient (Wildman–Crippen LogP) is 3.84. The molecule has 0 radical (unpaired) electrons. The van der Waals surface area contributed by atoms with Crippen molar-refractivity contribution in [1.82, 2.24) is 10.3 Å². The van der Waals surface area contributed by atoms with E-state index in [1.807, 2.05) is 29.6 Å². The van der Waals surface area contributed by atoms with Crippen LogP contribution in [0.3, 0.4) is 0 Å². The highest BCUT2D eigenvalue weighted by Crippen LogP contribution is 2.33. The Hall–Kier alpha value is -1.18. The van der Waals surface area contributed by atoms with Crippen LogP contribution in [-0.4, -0.2) is 37.7 Å². The number of hydrogen-bond acceptors (Lipinski definition) is 5. The normalized spacial score (nSPS) is 16.1. The van der Waals surface area contributed by atoms with Crippen molar-refractivity contribution in [3.8, 4) is 11.3 Å². The second-order valence-electron chi connectivity index (χ2n) is 5.94. The molecule has 1 amide bonds. The highest BCUT2D eigenvalue weighted by atomic mass is 35.5.